The van der Waals surface area contributed by atoms with Crippen LogP contribution in [0.5, 0.6) is 5.75 Å². The molecule has 0 aromatic heterocycles. The van der Waals surface area contributed by atoms with E-state index in [0.717, 1.165) is 23.5 Å². The zero-order valence-corrected chi connectivity index (χ0v) is 15.1. The number of benzene rings is 1. The SMILES string of the molecule is C=C/C=C(\C=C/C)C1NC(CC)(CC)CSc2cc(O)ccc21. The van der Waals surface area contributed by atoms with Crippen LogP contribution < -0.4 is 5.32 Å². The first-order valence-corrected chi connectivity index (χ1v) is 9.26. The van der Waals surface area contributed by atoms with Crippen LogP contribution in [0, 0.1) is 0 Å². The van der Waals surface area contributed by atoms with Crippen LogP contribution >= 0.6 is 11.8 Å². The Kier molecular flexibility index (Phi) is 6.14. The summed E-state index contributed by atoms with van der Waals surface area (Å²) in [6.07, 6.45) is 10.3. The molecule has 0 bridgehead atoms. The number of phenols is 1. The monoisotopic (exact) mass is 329 g/mol. The van der Waals surface area contributed by atoms with Crippen molar-refractivity contribution < 1.29 is 5.11 Å². The van der Waals surface area contributed by atoms with E-state index in [-0.39, 0.29) is 11.6 Å². The van der Waals surface area contributed by atoms with E-state index in [9.17, 15) is 5.11 Å². The molecular weight excluding hydrogens is 302 g/mol. The van der Waals surface area contributed by atoms with Crippen molar-refractivity contribution in [3.05, 3.63) is 60.2 Å². The van der Waals surface area contributed by atoms with Gasteiger partial charge in [0.1, 0.15) is 5.75 Å². The molecule has 1 unspecified atom stereocenters. The minimum Gasteiger partial charge on any atom is -0.508 e. The minimum absolute atomic E-state index is 0.0891. The van der Waals surface area contributed by atoms with Gasteiger partial charge < -0.3 is 5.11 Å². The van der Waals surface area contributed by atoms with Crippen LogP contribution in [-0.4, -0.2) is 16.4 Å². The van der Waals surface area contributed by atoms with Crippen molar-refractivity contribution in [1.29, 1.82) is 0 Å². The zero-order valence-electron chi connectivity index (χ0n) is 14.3. The number of phenolic OH excluding ortho intramolecular Hbond substituents is 1. The number of thioether (sulfide) groups is 1. The van der Waals surface area contributed by atoms with Gasteiger partial charge in [0.25, 0.3) is 0 Å². The summed E-state index contributed by atoms with van der Waals surface area (Å²) in [6.45, 7) is 10.4. The normalized spacial score (nSPS) is 21.0. The molecule has 1 aliphatic heterocycles. The smallest absolute Gasteiger partial charge is 0.116 e. The molecule has 23 heavy (non-hydrogen) atoms. The summed E-state index contributed by atoms with van der Waals surface area (Å²) in [4.78, 5) is 1.16. The second-order valence-electron chi connectivity index (χ2n) is 5.98. The Bertz CT molecular complexity index is 614. The van der Waals surface area contributed by atoms with E-state index in [2.05, 4.69) is 44.0 Å². The topological polar surface area (TPSA) is 32.3 Å². The maximum atomic E-state index is 9.88. The van der Waals surface area contributed by atoms with Gasteiger partial charge in [-0.05, 0) is 43.0 Å². The molecule has 0 spiro atoms. The summed E-state index contributed by atoms with van der Waals surface area (Å²) in [5.41, 5.74) is 2.51. The van der Waals surface area contributed by atoms with Crippen molar-refractivity contribution in [1.82, 2.24) is 5.32 Å². The van der Waals surface area contributed by atoms with Crippen molar-refractivity contribution >= 4 is 11.8 Å². The van der Waals surface area contributed by atoms with E-state index >= 15 is 0 Å². The van der Waals surface area contributed by atoms with Gasteiger partial charge in [-0.2, -0.15) is 0 Å². The summed E-state index contributed by atoms with van der Waals surface area (Å²) >= 11 is 1.84. The largest absolute Gasteiger partial charge is 0.508 e. The van der Waals surface area contributed by atoms with Crippen molar-refractivity contribution in [3.63, 3.8) is 0 Å². The molecule has 0 saturated heterocycles. The van der Waals surface area contributed by atoms with Gasteiger partial charge in [0.15, 0.2) is 0 Å². The van der Waals surface area contributed by atoms with E-state index in [0.29, 0.717) is 5.75 Å². The molecule has 1 atom stereocenters. The molecule has 0 aliphatic carbocycles. The summed E-state index contributed by atoms with van der Waals surface area (Å²) in [5, 5.41) is 13.8. The number of hydrogen-bond acceptors (Lipinski definition) is 3. The lowest BCUT2D eigenvalue weighted by atomic mass is 9.89. The van der Waals surface area contributed by atoms with Gasteiger partial charge in [-0.1, -0.05) is 50.8 Å². The number of hydrogen-bond donors (Lipinski definition) is 2. The molecule has 1 heterocycles. The Balaban J connectivity index is 2.58. The second kappa shape index (κ2) is 7.89. The van der Waals surface area contributed by atoms with E-state index in [1.807, 2.05) is 36.9 Å². The fraction of sp³-hybridized carbons (Fsp3) is 0.400. The maximum absolute atomic E-state index is 9.88. The Morgan fingerprint density at radius 2 is 2.17 bits per heavy atom. The Morgan fingerprint density at radius 1 is 1.43 bits per heavy atom. The first-order valence-electron chi connectivity index (χ1n) is 8.27. The standard InChI is InChI=1S/C20H27NOS/c1-5-9-15(10-6-2)19-17-12-11-16(22)13-18(17)23-14-20(7-3,8-4)21-19/h5-6,9-13,19,21-22H,1,7-8,14H2,2-4H3/b10-6-,15-9+. The number of allylic oxidation sites excluding steroid dienone is 3. The van der Waals surface area contributed by atoms with Crippen LogP contribution in [-0.2, 0) is 0 Å². The Morgan fingerprint density at radius 3 is 2.78 bits per heavy atom. The van der Waals surface area contributed by atoms with E-state index < -0.39 is 0 Å². The molecule has 1 aromatic carbocycles. The molecule has 1 aliphatic rings. The van der Waals surface area contributed by atoms with E-state index in [1.165, 1.54) is 11.1 Å². The molecule has 2 rings (SSSR count). The maximum Gasteiger partial charge on any atom is 0.116 e. The van der Waals surface area contributed by atoms with Gasteiger partial charge in [-0.3, -0.25) is 5.32 Å². The first-order chi connectivity index (χ1) is 11.1. The molecule has 2 N–H and O–H groups in total. The van der Waals surface area contributed by atoms with Gasteiger partial charge in [0, 0.05) is 16.2 Å². The van der Waals surface area contributed by atoms with Gasteiger partial charge in [-0.15, -0.1) is 11.8 Å². The Labute approximate surface area is 144 Å². The highest BCUT2D eigenvalue weighted by Gasteiger charge is 2.34. The van der Waals surface area contributed by atoms with Crippen LogP contribution in [0.1, 0.15) is 45.2 Å². The highest BCUT2D eigenvalue weighted by atomic mass is 32.2. The second-order valence-corrected chi connectivity index (χ2v) is 7.00. The number of fused-ring (bicyclic) bond motifs is 1. The Hall–Kier alpha value is -1.45. The predicted molar refractivity (Wildman–Crippen MR) is 101 cm³/mol. The summed E-state index contributed by atoms with van der Waals surface area (Å²) in [5.74, 6) is 1.33. The highest BCUT2D eigenvalue weighted by molar-refractivity contribution is 7.99. The third-order valence-corrected chi connectivity index (χ3v) is 5.98. The lowest BCUT2D eigenvalue weighted by Crippen LogP contribution is -2.47. The number of aromatic hydroxyl groups is 1. The minimum atomic E-state index is 0.0891. The third kappa shape index (κ3) is 3.91. The molecule has 0 radical (unpaired) electrons. The highest BCUT2D eigenvalue weighted by Crippen LogP contribution is 2.41. The van der Waals surface area contributed by atoms with Crippen molar-refractivity contribution in [3.8, 4) is 5.75 Å². The molecule has 1 aromatic rings. The molecule has 0 fully saturated rings. The average Bonchev–Trinajstić information content (AvgIpc) is 2.72. The first kappa shape index (κ1) is 17.9. The van der Waals surface area contributed by atoms with E-state index in [1.54, 1.807) is 6.07 Å². The quantitative estimate of drug-likeness (QED) is 0.712. The number of nitrogens with one attached hydrogen (secondary N) is 1. The molecule has 0 saturated carbocycles. The summed E-state index contributed by atoms with van der Waals surface area (Å²) < 4.78 is 0. The van der Waals surface area contributed by atoms with Crippen LogP contribution in [0.25, 0.3) is 0 Å². The fourth-order valence-corrected chi connectivity index (χ4v) is 4.51. The van der Waals surface area contributed by atoms with E-state index in [4.69, 9.17) is 0 Å². The molecule has 2 nitrogen and oxygen atoms in total. The molecular formula is C20H27NOS. The third-order valence-electron chi connectivity index (χ3n) is 4.62. The van der Waals surface area contributed by atoms with Crippen LogP contribution in [0.3, 0.4) is 0 Å². The van der Waals surface area contributed by atoms with Gasteiger partial charge in [-0.25, -0.2) is 0 Å². The summed E-state index contributed by atoms with van der Waals surface area (Å²) in [6, 6.07) is 5.81. The lowest BCUT2D eigenvalue weighted by Gasteiger charge is -2.35. The van der Waals surface area contributed by atoms with Crippen LogP contribution in [0.15, 0.2) is 59.6 Å². The molecule has 0 amide bonds. The van der Waals surface area contributed by atoms with Gasteiger partial charge >= 0.3 is 0 Å². The fourth-order valence-electron chi connectivity index (χ4n) is 3.03. The predicted octanol–water partition coefficient (Wildman–Crippen LogP) is 5.38. The van der Waals surface area contributed by atoms with Crippen molar-refractivity contribution in [2.75, 3.05) is 5.75 Å². The molecule has 124 valence electrons. The summed E-state index contributed by atoms with van der Waals surface area (Å²) in [7, 11) is 0. The lowest BCUT2D eigenvalue weighted by molar-refractivity contribution is 0.316. The van der Waals surface area contributed by atoms with Crippen molar-refractivity contribution in [2.24, 2.45) is 0 Å². The molecule has 3 heteroatoms. The van der Waals surface area contributed by atoms with Crippen LogP contribution in [0.4, 0.5) is 0 Å². The number of rotatable bonds is 5. The average molecular weight is 330 g/mol. The zero-order chi connectivity index (χ0) is 16.9. The van der Waals surface area contributed by atoms with Crippen molar-refractivity contribution in [2.45, 2.75) is 50.1 Å². The van der Waals surface area contributed by atoms with Crippen LogP contribution in [0.2, 0.25) is 0 Å². The van der Waals surface area contributed by atoms with Gasteiger partial charge in [0.05, 0.1) is 6.04 Å². The van der Waals surface area contributed by atoms with Gasteiger partial charge in [0.2, 0.25) is 0 Å².